The van der Waals surface area contributed by atoms with E-state index in [0.717, 1.165) is 0 Å². The first-order chi connectivity index (χ1) is 6.13. The van der Waals surface area contributed by atoms with Gasteiger partial charge in [-0.1, -0.05) is 6.07 Å². The van der Waals surface area contributed by atoms with E-state index in [-0.39, 0.29) is 18.1 Å². The number of ether oxygens (including phenoxy) is 1. The molecule has 0 aliphatic rings. The Kier molecular flexibility index (Phi) is 2.74. The number of carbonyl (C=O) groups is 1. The number of aromatic hydroxyl groups is 1. The summed E-state index contributed by atoms with van der Waals surface area (Å²) in [5.74, 6) is -0.261. The molecular formula is C9H11NO3. The molecule has 4 nitrogen and oxygen atoms in total. The van der Waals surface area contributed by atoms with E-state index in [1.165, 1.54) is 19.2 Å². The van der Waals surface area contributed by atoms with Crippen molar-refractivity contribution in [2.45, 2.75) is 6.42 Å². The van der Waals surface area contributed by atoms with Crippen LogP contribution in [0, 0.1) is 0 Å². The Morgan fingerprint density at radius 2 is 2.31 bits per heavy atom. The lowest BCUT2D eigenvalue weighted by Crippen LogP contribution is -2.06. The molecule has 0 bridgehead atoms. The third-order valence-electron chi connectivity index (χ3n) is 1.69. The molecule has 0 amide bonds. The number of methoxy groups -OCH3 is 1. The lowest BCUT2D eigenvalue weighted by atomic mass is 10.1. The quantitative estimate of drug-likeness (QED) is 0.520. The first kappa shape index (κ1) is 9.38. The number of hydrogen-bond acceptors (Lipinski definition) is 4. The van der Waals surface area contributed by atoms with Gasteiger partial charge in [0.25, 0.3) is 0 Å². The van der Waals surface area contributed by atoms with Crippen LogP contribution in [0.1, 0.15) is 5.56 Å². The maximum atomic E-state index is 10.9. The fraction of sp³-hybridized carbons (Fsp3) is 0.222. The van der Waals surface area contributed by atoms with Crippen LogP contribution in [0.4, 0.5) is 5.69 Å². The summed E-state index contributed by atoms with van der Waals surface area (Å²) in [7, 11) is 1.32. The Morgan fingerprint density at radius 3 is 2.85 bits per heavy atom. The van der Waals surface area contributed by atoms with Gasteiger partial charge in [-0.25, -0.2) is 0 Å². The fourth-order valence-electron chi connectivity index (χ4n) is 0.971. The maximum absolute atomic E-state index is 10.9. The lowest BCUT2D eigenvalue weighted by molar-refractivity contribution is -0.139. The van der Waals surface area contributed by atoms with Crippen molar-refractivity contribution >= 4 is 11.7 Å². The Balaban J connectivity index is 2.83. The highest BCUT2D eigenvalue weighted by Crippen LogP contribution is 2.18. The summed E-state index contributed by atoms with van der Waals surface area (Å²) in [5.41, 5.74) is 6.61. The molecule has 70 valence electrons. The van der Waals surface area contributed by atoms with Crippen LogP contribution in [-0.4, -0.2) is 18.2 Å². The molecular weight excluding hydrogens is 170 g/mol. The molecule has 0 aliphatic heterocycles. The zero-order valence-corrected chi connectivity index (χ0v) is 7.28. The summed E-state index contributed by atoms with van der Waals surface area (Å²) in [6.45, 7) is 0. The number of anilines is 1. The highest BCUT2D eigenvalue weighted by atomic mass is 16.5. The van der Waals surface area contributed by atoms with E-state index in [9.17, 15) is 4.79 Å². The van der Waals surface area contributed by atoms with Crippen LogP contribution in [0.25, 0.3) is 0 Å². The summed E-state index contributed by atoms with van der Waals surface area (Å²) < 4.78 is 4.48. The van der Waals surface area contributed by atoms with Gasteiger partial charge in [0.15, 0.2) is 0 Å². The molecule has 0 fully saturated rings. The number of phenolic OH excluding ortho intramolecular Hbond substituents is 1. The second-order valence-corrected chi connectivity index (χ2v) is 2.64. The van der Waals surface area contributed by atoms with Gasteiger partial charge in [0.05, 0.1) is 13.5 Å². The molecule has 0 saturated carbocycles. The first-order valence-electron chi connectivity index (χ1n) is 3.77. The predicted octanol–water partition coefficient (Wildman–Crippen LogP) is 0.690. The maximum Gasteiger partial charge on any atom is 0.310 e. The molecule has 0 aliphatic carbocycles. The summed E-state index contributed by atoms with van der Waals surface area (Å²) >= 11 is 0. The van der Waals surface area contributed by atoms with Crippen molar-refractivity contribution in [3.05, 3.63) is 23.8 Å². The number of hydrogen-bond donors (Lipinski definition) is 2. The molecule has 0 radical (unpaired) electrons. The molecule has 0 spiro atoms. The minimum absolute atomic E-state index is 0.0890. The molecule has 0 unspecified atom stereocenters. The molecule has 0 aromatic heterocycles. The van der Waals surface area contributed by atoms with Gasteiger partial charge in [-0.3, -0.25) is 4.79 Å². The van der Waals surface area contributed by atoms with Gasteiger partial charge in [0, 0.05) is 11.8 Å². The molecule has 0 saturated heterocycles. The molecule has 3 N–H and O–H groups in total. The summed E-state index contributed by atoms with van der Waals surface area (Å²) in [6.07, 6.45) is 0.128. The number of benzene rings is 1. The van der Waals surface area contributed by atoms with Crippen LogP contribution < -0.4 is 5.73 Å². The minimum Gasteiger partial charge on any atom is -0.508 e. The van der Waals surface area contributed by atoms with E-state index in [4.69, 9.17) is 10.8 Å². The SMILES string of the molecule is COC(=O)Cc1ccc(O)cc1N. The summed E-state index contributed by atoms with van der Waals surface area (Å²) in [4.78, 5) is 10.9. The van der Waals surface area contributed by atoms with Crippen molar-refractivity contribution in [2.24, 2.45) is 0 Å². The van der Waals surface area contributed by atoms with Crippen molar-refractivity contribution < 1.29 is 14.6 Å². The van der Waals surface area contributed by atoms with E-state index in [1.54, 1.807) is 6.07 Å². The Morgan fingerprint density at radius 1 is 1.62 bits per heavy atom. The van der Waals surface area contributed by atoms with E-state index in [2.05, 4.69) is 4.74 Å². The van der Waals surface area contributed by atoms with Crippen molar-refractivity contribution in [1.82, 2.24) is 0 Å². The van der Waals surface area contributed by atoms with Gasteiger partial charge in [-0.2, -0.15) is 0 Å². The average Bonchev–Trinajstić information content (AvgIpc) is 2.09. The second-order valence-electron chi connectivity index (χ2n) is 2.64. The minimum atomic E-state index is -0.350. The van der Waals surface area contributed by atoms with Crippen LogP contribution in [0.3, 0.4) is 0 Å². The average molecular weight is 181 g/mol. The van der Waals surface area contributed by atoms with Gasteiger partial charge in [0.1, 0.15) is 5.75 Å². The monoisotopic (exact) mass is 181 g/mol. The topological polar surface area (TPSA) is 72.5 Å². The fourth-order valence-corrected chi connectivity index (χ4v) is 0.971. The highest BCUT2D eigenvalue weighted by Gasteiger charge is 2.06. The molecule has 1 aromatic rings. The zero-order chi connectivity index (χ0) is 9.84. The molecule has 13 heavy (non-hydrogen) atoms. The van der Waals surface area contributed by atoms with E-state index < -0.39 is 0 Å². The number of nitrogens with two attached hydrogens (primary N) is 1. The zero-order valence-electron chi connectivity index (χ0n) is 7.28. The number of esters is 1. The first-order valence-corrected chi connectivity index (χ1v) is 3.77. The van der Waals surface area contributed by atoms with Gasteiger partial charge in [0.2, 0.25) is 0 Å². The van der Waals surface area contributed by atoms with E-state index >= 15 is 0 Å². The largest absolute Gasteiger partial charge is 0.508 e. The van der Waals surface area contributed by atoms with Gasteiger partial charge >= 0.3 is 5.97 Å². The number of phenols is 1. The van der Waals surface area contributed by atoms with Crippen LogP contribution in [0.5, 0.6) is 5.75 Å². The van der Waals surface area contributed by atoms with E-state index in [1.807, 2.05) is 0 Å². The van der Waals surface area contributed by atoms with Crippen molar-refractivity contribution in [2.75, 3.05) is 12.8 Å². The number of carbonyl (C=O) groups excluding carboxylic acids is 1. The molecule has 0 atom stereocenters. The van der Waals surface area contributed by atoms with Gasteiger partial charge < -0.3 is 15.6 Å². The van der Waals surface area contributed by atoms with Crippen molar-refractivity contribution in [3.63, 3.8) is 0 Å². The molecule has 1 rings (SSSR count). The standard InChI is InChI=1S/C9H11NO3/c1-13-9(12)4-6-2-3-7(11)5-8(6)10/h2-3,5,11H,4,10H2,1H3. The van der Waals surface area contributed by atoms with Crippen LogP contribution in [0.15, 0.2) is 18.2 Å². The second kappa shape index (κ2) is 3.80. The Bertz CT molecular complexity index is 323. The van der Waals surface area contributed by atoms with Gasteiger partial charge in [-0.05, 0) is 11.6 Å². The van der Waals surface area contributed by atoms with Crippen molar-refractivity contribution in [3.8, 4) is 5.75 Å². The molecule has 0 heterocycles. The molecule has 4 heteroatoms. The third-order valence-corrected chi connectivity index (χ3v) is 1.69. The van der Waals surface area contributed by atoms with Crippen molar-refractivity contribution in [1.29, 1.82) is 0 Å². The van der Waals surface area contributed by atoms with Crippen LogP contribution in [-0.2, 0) is 16.0 Å². The summed E-state index contributed by atoms with van der Waals surface area (Å²) in [5, 5.41) is 9.03. The van der Waals surface area contributed by atoms with Crippen LogP contribution >= 0.6 is 0 Å². The highest BCUT2D eigenvalue weighted by molar-refractivity contribution is 5.75. The third kappa shape index (κ3) is 2.37. The predicted molar refractivity (Wildman–Crippen MR) is 48.2 cm³/mol. The summed E-state index contributed by atoms with van der Waals surface area (Å²) in [6, 6.07) is 4.48. The van der Waals surface area contributed by atoms with E-state index in [0.29, 0.717) is 11.3 Å². The number of nitrogen functional groups attached to an aromatic ring is 1. The molecule has 1 aromatic carbocycles. The lowest BCUT2D eigenvalue weighted by Gasteiger charge is -2.04. The Hall–Kier alpha value is -1.71. The normalized spacial score (nSPS) is 9.62. The van der Waals surface area contributed by atoms with Gasteiger partial charge in [-0.15, -0.1) is 0 Å². The Labute approximate surface area is 75.9 Å². The number of rotatable bonds is 2. The smallest absolute Gasteiger partial charge is 0.310 e. The van der Waals surface area contributed by atoms with Crippen LogP contribution in [0.2, 0.25) is 0 Å².